The van der Waals surface area contributed by atoms with Crippen LogP contribution in [0.15, 0.2) is 48.5 Å². The van der Waals surface area contributed by atoms with Crippen LogP contribution in [0.2, 0.25) is 0 Å². The number of rotatable bonds is 3. The van der Waals surface area contributed by atoms with Crippen molar-refractivity contribution in [2.24, 2.45) is 0 Å². The molecule has 0 radical (unpaired) electrons. The molecule has 0 aliphatic heterocycles. The quantitative estimate of drug-likeness (QED) is 0.598. The van der Waals surface area contributed by atoms with E-state index in [0.717, 1.165) is 0 Å². The lowest BCUT2D eigenvalue weighted by Gasteiger charge is -2.02. The summed E-state index contributed by atoms with van der Waals surface area (Å²) in [5.41, 5.74) is 0.877. The first-order valence-corrected chi connectivity index (χ1v) is 5.07. The third kappa shape index (κ3) is 2.28. The molecule has 2 rings (SSSR count). The maximum atomic E-state index is 13.4. The summed E-state index contributed by atoms with van der Waals surface area (Å²) in [5, 5.41) is 0. The second-order valence-corrected chi connectivity index (χ2v) is 3.55. The zero-order chi connectivity index (χ0) is 12.3. The molecule has 0 unspecified atom stereocenters. The first kappa shape index (κ1) is 11.2. The van der Waals surface area contributed by atoms with Gasteiger partial charge < -0.3 is 0 Å². The molecule has 17 heavy (non-hydrogen) atoms. The second-order valence-electron chi connectivity index (χ2n) is 3.55. The summed E-state index contributed by atoms with van der Waals surface area (Å²) in [6, 6.07) is 11.9. The minimum Gasteiger partial charge on any atom is -0.298 e. The SMILES string of the molecule is O=Cc1ccc(C(=O)c2ccccc2F)cc1. The highest BCUT2D eigenvalue weighted by Gasteiger charge is 2.12. The van der Waals surface area contributed by atoms with E-state index in [1.165, 1.54) is 42.5 Å². The molecule has 0 aromatic heterocycles. The maximum Gasteiger partial charge on any atom is 0.195 e. The highest BCUT2D eigenvalue weighted by Crippen LogP contribution is 2.13. The predicted octanol–water partition coefficient (Wildman–Crippen LogP) is 2.87. The molecule has 0 heterocycles. The summed E-state index contributed by atoms with van der Waals surface area (Å²) in [7, 11) is 0. The van der Waals surface area contributed by atoms with E-state index in [1.54, 1.807) is 6.07 Å². The van der Waals surface area contributed by atoms with Crippen LogP contribution in [-0.4, -0.2) is 12.1 Å². The molecule has 0 aliphatic carbocycles. The zero-order valence-corrected chi connectivity index (χ0v) is 8.89. The molecule has 2 aromatic carbocycles. The highest BCUT2D eigenvalue weighted by molar-refractivity contribution is 6.09. The molecule has 0 spiro atoms. The van der Waals surface area contributed by atoms with Gasteiger partial charge in [-0.05, 0) is 12.1 Å². The lowest BCUT2D eigenvalue weighted by atomic mass is 10.0. The molecular weight excluding hydrogens is 219 g/mol. The molecule has 0 amide bonds. The van der Waals surface area contributed by atoms with Crippen LogP contribution < -0.4 is 0 Å². The maximum absolute atomic E-state index is 13.4. The normalized spacial score (nSPS) is 9.94. The van der Waals surface area contributed by atoms with E-state index in [-0.39, 0.29) is 11.3 Å². The molecule has 0 bridgehead atoms. The van der Waals surface area contributed by atoms with Crippen molar-refractivity contribution in [2.45, 2.75) is 0 Å². The predicted molar refractivity (Wildman–Crippen MR) is 61.7 cm³/mol. The Balaban J connectivity index is 2.37. The van der Waals surface area contributed by atoms with Gasteiger partial charge in [-0.25, -0.2) is 4.39 Å². The molecule has 84 valence electrons. The number of hydrogen-bond donors (Lipinski definition) is 0. The van der Waals surface area contributed by atoms with E-state index >= 15 is 0 Å². The van der Waals surface area contributed by atoms with E-state index in [1.807, 2.05) is 0 Å². The molecular formula is C14H9FO2. The fourth-order valence-corrected chi connectivity index (χ4v) is 1.51. The Morgan fingerprint density at radius 2 is 1.65 bits per heavy atom. The van der Waals surface area contributed by atoms with E-state index in [0.29, 0.717) is 17.4 Å². The van der Waals surface area contributed by atoms with E-state index < -0.39 is 5.82 Å². The van der Waals surface area contributed by atoms with Crippen molar-refractivity contribution in [1.29, 1.82) is 0 Å². The van der Waals surface area contributed by atoms with Gasteiger partial charge in [0.05, 0.1) is 5.56 Å². The Kier molecular flexibility index (Phi) is 3.10. The fraction of sp³-hybridized carbons (Fsp3) is 0. The van der Waals surface area contributed by atoms with Gasteiger partial charge in [0.15, 0.2) is 5.78 Å². The van der Waals surface area contributed by atoms with E-state index in [9.17, 15) is 14.0 Å². The van der Waals surface area contributed by atoms with Crippen molar-refractivity contribution in [2.75, 3.05) is 0 Å². The summed E-state index contributed by atoms with van der Waals surface area (Å²) >= 11 is 0. The van der Waals surface area contributed by atoms with Gasteiger partial charge in [0.1, 0.15) is 12.1 Å². The summed E-state index contributed by atoms with van der Waals surface area (Å²) in [4.78, 5) is 22.4. The van der Waals surface area contributed by atoms with Crippen LogP contribution in [0.3, 0.4) is 0 Å². The smallest absolute Gasteiger partial charge is 0.195 e. The molecule has 3 heteroatoms. The number of aldehydes is 1. The molecule has 2 aromatic rings. The number of ketones is 1. The third-order valence-corrected chi connectivity index (χ3v) is 2.43. The molecule has 0 N–H and O–H groups in total. The van der Waals surface area contributed by atoms with Crippen LogP contribution in [0, 0.1) is 5.82 Å². The average molecular weight is 228 g/mol. The van der Waals surface area contributed by atoms with Crippen molar-refractivity contribution in [3.63, 3.8) is 0 Å². The van der Waals surface area contributed by atoms with Crippen LogP contribution in [-0.2, 0) is 0 Å². The Labute approximate surface area is 97.7 Å². The van der Waals surface area contributed by atoms with Crippen LogP contribution >= 0.6 is 0 Å². The van der Waals surface area contributed by atoms with Gasteiger partial charge in [0, 0.05) is 11.1 Å². The van der Waals surface area contributed by atoms with Gasteiger partial charge in [0.25, 0.3) is 0 Å². The monoisotopic (exact) mass is 228 g/mol. The molecule has 0 saturated carbocycles. The number of carbonyl (C=O) groups excluding carboxylic acids is 2. The minimum absolute atomic E-state index is 0.0337. The van der Waals surface area contributed by atoms with Crippen molar-refractivity contribution >= 4 is 12.1 Å². The van der Waals surface area contributed by atoms with Crippen LogP contribution in [0.1, 0.15) is 26.3 Å². The minimum atomic E-state index is -0.544. The summed E-state index contributed by atoms with van der Waals surface area (Å²) < 4.78 is 13.4. The lowest BCUT2D eigenvalue weighted by molar-refractivity contribution is 0.103. The first-order valence-electron chi connectivity index (χ1n) is 5.07. The Morgan fingerprint density at radius 1 is 1.00 bits per heavy atom. The van der Waals surface area contributed by atoms with Gasteiger partial charge in [-0.1, -0.05) is 36.4 Å². The van der Waals surface area contributed by atoms with Crippen LogP contribution in [0.4, 0.5) is 4.39 Å². The van der Waals surface area contributed by atoms with Crippen molar-refractivity contribution in [3.8, 4) is 0 Å². The average Bonchev–Trinajstić information content (AvgIpc) is 2.39. The van der Waals surface area contributed by atoms with Gasteiger partial charge in [-0.2, -0.15) is 0 Å². The number of hydrogen-bond acceptors (Lipinski definition) is 2. The van der Waals surface area contributed by atoms with Crippen molar-refractivity contribution < 1.29 is 14.0 Å². The van der Waals surface area contributed by atoms with Crippen LogP contribution in [0.25, 0.3) is 0 Å². The number of benzene rings is 2. The van der Waals surface area contributed by atoms with E-state index in [2.05, 4.69) is 0 Å². The molecule has 0 aliphatic rings. The topological polar surface area (TPSA) is 34.1 Å². The molecule has 0 atom stereocenters. The fourth-order valence-electron chi connectivity index (χ4n) is 1.51. The Morgan fingerprint density at radius 3 is 2.24 bits per heavy atom. The molecule has 2 nitrogen and oxygen atoms in total. The zero-order valence-electron chi connectivity index (χ0n) is 8.89. The summed E-state index contributed by atoms with van der Waals surface area (Å²) in [6.07, 6.45) is 0.692. The summed E-state index contributed by atoms with van der Waals surface area (Å²) in [6.45, 7) is 0. The Bertz CT molecular complexity index is 559. The standard InChI is InChI=1S/C14H9FO2/c15-13-4-2-1-3-12(13)14(17)11-7-5-10(9-16)6-8-11/h1-9H. The van der Waals surface area contributed by atoms with Gasteiger partial charge in [0.2, 0.25) is 0 Å². The largest absolute Gasteiger partial charge is 0.298 e. The van der Waals surface area contributed by atoms with Crippen LogP contribution in [0.5, 0.6) is 0 Å². The molecule has 0 saturated heterocycles. The lowest BCUT2D eigenvalue weighted by Crippen LogP contribution is -2.03. The van der Waals surface area contributed by atoms with Gasteiger partial charge in [-0.3, -0.25) is 9.59 Å². The van der Waals surface area contributed by atoms with Gasteiger partial charge in [-0.15, -0.1) is 0 Å². The number of halogens is 1. The number of carbonyl (C=O) groups is 2. The van der Waals surface area contributed by atoms with E-state index in [4.69, 9.17) is 0 Å². The van der Waals surface area contributed by atoms with Crippen molar-refractivity contribution in [3.05, 3.63) is 71.0 Å². The third-order valence-electron chi connectivity index (χ3n) is 2.43. The second kappa shape index (κ2) is 4.70. The first-order chi connectivity index (χ1) is 8.22. The van der Waals surface area contributed by atoms with Gasteiger partial charge >= 0.3 is 0 Å². The Hall–Kier alpha value is -2.29. The van der Waals surface area contributed by atoms with Crippen molar-refractivity contribution in [1.82, 2.24) is 0 Å². The molecule has 0 fully saturated rings. The summed E-state index contributed by atoms with van der Waals surface area (Å²) in [5.74, 6) is -0.933. The highest BCUT2D eigenvalue weighted by atomic mass is 19.1.